The largest absolute Gasteiger partial charge is 0.346 e. The minimum absolute atomic E-state index is 0.0141. The normalized spacial score (nSPS) is 23.9. The lowest BCUT2D eigenvalue weighted by molar-refractivity contribution is -0.131. The van der Waals surface area contributed by atoms with Crippen LogP contribution in [0.3, 0.4) is 0 Å². The van der Waals surface area contributed by atoms with Crippen LogP contribution in [0.25, 0.3) is 0 Å². The third kappa shape index (κ3) is 2.06. The van der Waals surface area contributed by atoms with Crippen LogP contribution < -0.4 is 5.32 Å². The summed E-state index contributed by atoms with van der Waals surface area (Å²) in [6.07, 6.45) is 2.22. The van der Waals surface area contributed by atoms with Crippen molar-refractivity contribution >= 4 is 11.7 Å². The van der Waals surface area contributed by atoms with Crippen molar-refractivity contribution in [3.63, 3.8) is 0 Å². The van der Waals surface area contributed by atoms with E-state index >= 15 is 0 Å². The highest BCUT2D eigenvalue weighted by atomic mass is 16.2. The Morgan fingerprint density at radius 2 is 2.25 bits per heavy atom. The van der Waals surface area contributed by atoms with Crippen molar-refractivity contribution in [1.29, 1.82) is 0 Å². The fourth-order valence-electron chi connectivity index (χ4n) is 1.42. The molecule has 0 unspecified atom stereocenters. The molecule has 0 aromatic rings. The van der Waals surface area contributed by atoms with Gasteiger partial charge in [-0.3, -0.25) is 9.59 Å². The zero-order valence-electron chi connectivity index (χ0n) is 7.59. The topological polar surface area (TPSA) is 46.2 Å². The third-order valence-electron chi connectivity index (χ3n) is 2.14. The van der Waals surface area contributed by atoms with Gasteiger partial charge in [-0.05, 0) is 12.8 Å². The number of nitrogens with one attached hydrogen (secondary N) is 1. The first-order valence-corrected chi connectivity index (χ1v) is 4.44. The van der Waals surface area contributed by atoms with Crippen LogP contribution in [0.5, 0.6) is 0 Å². The van der Waals surface area contributed by atoms with Crippen molar-refractivity contribution in [2.75, 3.05) is 0 Å². The molecule has 1 N–H and O–H groups in total. The number of amides is 1. The number of ketones is 1. The molecule has 1 saturated heterocycles. The van der Waals surface area contributed by atoms with Gasteiger partial charge in [-0.25, -0.2) is 0 Å². The molecular weight excluding hydrogens is 154 g/mol. The minimum Gasteiger partial charge on any atom is -0.346 e. The summed E-state index contributed by atoms with van der Waals surface area (Å²) in [5.74, 6) is 0.191. The van der Waals surface area contributed by atoms with Crippen molar-refractivity contribution in [2.45, 2.75) is 39.2 Å². The summed E-state index contributed by atoms with van der Waals surface area (Å²) in [7, 11) is 0. The van der Waals surface area contributed by atoms with E-state index in [1.807, 2.05) is 13.8 Å². The van der Waals surface area contributed by atoms with E-state index in [-0.39, 0.29) is 23.7 Å². The molecule has 0 aromatic carbocycles. The van der Waals surface area contributed by atoms with E-state index in [0.29, 0.717) is 6.42 Å². The molecular formula is C9H15NO2. The molecule has 1 aliphatic rings. The van der Waals surface area contributed by atoms with Crippen molar-refractivity contribution in [3.8, 4) is 0 Å². The molecule has 3 nitrogen and oxygen atoms in total. The zero-order valence-corrected chi connectivity index (χ0v) is 7.59. The van der Waals surface area contributed by atoms with Gasteiger partial charge in [0.1, 0.15) is 0 Å². The van der Waals surface area contributed by atoms with E-state index in [0.717, 1.165) is 12.8 Å². The second-order valence-electron chi connectivity index (χ2n) is 3.57. The van der Waals surface area contributed by atoms with Gasteiger partial charge in [-0.2, -0.15) is 0 Å². The number of carbonyl (C=O) groups excluding carboxylic acids is 2. The number of hydrogen-bond acceptors (Lipinski definition) is 2. The van der Waals surface area contributed by atoms with Gasteiger partial charge in [0.15, 0.2) is 5.78 Å². The van der Waals surface area contributed by atoms with Gasteiger partial charge >= 0.3 is 0 Å². The number of rotatable bonds is 2. The molecule has 0 bridgehead atoms. The first kappa shape index (κ1) is 9.23. The molecule has 3 heteroatoms. The number of carbonyl (C=O) groups is 2. The van der Waals surface area contributed by atoms with Gasteiger partial charge < -0.3 is 5.32 Å². The molecule has 1 heterocycles. The average Bonchev–Trinajstić information content (AvgIpc) is 2.03. The van der Waals surface area contributed by atoms with Crippen molar-refractivity contribution in [2.24, 2.45) is 5.92 Å². The van der Waals surface area contributed by atoms with Crippen LogP contribution in [0, 0.1) is 5.92 Å². The maximum absolute atomic E-state index is 11.4. The predicted molar refractivity (Wildman–Crippen MR) is 45.6 cm³/mol. The van der Waals surface area contributed by atoms with E-state index in [1.165, 1.54) is 0 Å². The summed E-state index contributed by atoms with van der Waals surface area (Å²) in [5.41, 5.74) is 0. The summed E-state index contributed by atoms with van der Waals surface area (Å²) in [6, 6.07) is -0.216. The fourth-order valence-corrected chi connectivity index (χ4v) is 1.42. The van der Waals surface area contributed by atoms with E-state index in [9.17, 15) is 9.59 Å². The van der Waals surface area contributed by atoms with Crippen LogP contribution in [0.4, 0.5) is 0 Å². The molecule has 0 aliphatic carbocycles. The van der Waals surface area contributed by atoms with Crippen molar-refractivity contribution in [1.82, 2.24) is 5.32 Å². The quantitative estimate of drug-likeness (QED) is 0.667. The standard InChI is InChI=1S/C9H15NO2/c1-6(2)9(12)7-4-3-5-8(11)10-7/h6-7H,3-5H2,1-2H3,(H,10,11)/t7-/m1/s1. The predicted octanol–water partition coefficient (Wildman–Crippen LogP) is 0.880. The third-order valence-corrected chi connectivity index (χ3v) is 2.14. The Hall–Kier alpha value is -0.860. The van der Waals surface area contributed by atoms with E-state index < -0.39 is 0 Å². The van der Waals surface area contributed by atoms with Gasteiger partial charge in [-0.1, -0.05) is 13.8 Å². The Kier molecular flexibility index (Phi) is 2.84. The number of Topliss-reactive ketones (excluding diaryl/α,β-unsaturated/α-hetero) is 1. The summed E-state index contributed by atoms with van der Waals surface area (Å²) in [6.45, 7) is 3.73. The maximum Gasteiger partial charge on any atom is 0.220 e. The van der Waals surface area contributed by atoms with Gasteiger partial charge in [0.05, 0.1) is 6.04 Å². The molecule has 0 spiro atoms. The Labute approximate surface area is 72.5 Å². The summed E-state index contributed by atoms with van der Waals surface area (Å²) in [5, 5.41) is 2.71. The van der Waals surface area contributed by atoms with Gasteiger partial charge in [-0.15, -0.1) is 0 Å². The molecule has 1 atom stereocenters. The first-order chi connectivity index (χ1) is 5.61. The first-order valence-electron chi connectivity index (χ1n) is 4.44. The summed E-state index contributed by atoms with van der Waals surface area (Å²) < 4.78 is 0. The second kappa shape index (κ2) is 3.70. The monoisotopic (exact) mass is 169 g/mol. The van der Waals surface area contributed by atoms with Gasteiger partial charge in [0.2, 0.25) is 5.91 Å². The van der Waals surface area contributed by atoms with Gasteiger partial charge in [0.25, 0.3) is 0 Å². The molecule has 1 amide bonds. The van der Waals surface area contributed by atoms with Crippen LogP contribution in [-0.2, 0) is 9.59 Å². The smallest absolute Gasteiger partial charge is 0.220 e. The molecule has 12 heavy (non-hydrogen) atoms. The highest BCUT2D eigenvalue weighted by Gasteiger charge is 2.25. The summed E-state index contributed by atoms with van der Waals surface area (Å²) in [4.78, 5) is 22.4. The van der Waals surface area contributed by atoms with Crippen LogP contribution in [0.15, 0.2) is 0 Å². The van der Waals surface area contributed by atoms with Crippen LogP contribution in [-0.4, -0.2) is 17.7 Å². The molecule has 1 aliphatic heterocycles. The van der Waals surface area contributed by atoms with Crippen LogP contribution in [0.2, 0.25) is 0 Å². The Morgan fingerprint density at radius 3 is 2.75 bits per heavy atom. The maximum atomic E-state index is 11.4. The lowest BCUT2D eigenvalue weighted by atomic mass is 9.94. The average molecular weight is 169 g/mol. The van der Waals surface area contributed by atoms with E-state index in [2.05, 4.69) is 5.32 Å². The van der Waals surface area contributed by atoms with E-state index in [1.54, 1.807) is 0 Å². The molecule has 1 rings (SSSR count). The lowest BCUT2D eigenvalue weighted by Gasteiger charge is -2.23. The van der Waals surface area contributed by atoms with Crippen molar-refractivity contribution < 1.29 is 9.59 Å². The molecule has 68 valence electrons. The Balaban J connectivity index is 2.51. The van der Waals surface area contributed by atoms with Crippen molar-refractivity contribution in [3.05, 3.63) is 0 Å². The summed E-state index contributed by atoms with van der Waals surface area (Å²) >= 11 is 0. The Morgan fingerprint density at radius 1 is 1.58 bits per heavy atom. The highest BCUT2D eigenvalue weighted by molar-refractivity contribution is 5.91. The SMILES string of the molecule is CC(C)C(=O)[C@H]1CCCC(=O)N1. The number of hydrogen-bond donors (Lipinski definition) is 1. The molecule has 0 saturated carbocycles. The minimum atomic E-state index is -0.216. The molecule has 1 fully saturated rings. The highest BCUT2D eigenvalue weighted by Crippen LogP contribution is 2.12. The molecule has 0 aromatic heterocycles. The van der Waals surface area contributed by atoms with Gasteiger partial charge in [0, 0.05) is 12.3 Å². The Bertz CT molecular complexity index is 199. The zero-order chi connectivity index (χ0) is 9.14. The van der Waals surface area contributed by atoms with Crippen LogP contribution >= 0.6 is 0 Å². The number of piperidine rings is 1. The van der Waals surface area contributed by atoms with Crippen LogP contribution in [0.1, 0.15) is 33.1 Å². The second-order valence-corrected chi connectivity index (χ2v) is 3.57. The molecule has 0 radical (unpaired) electrons. The van der Waals surface area contributed by atoms with E-state index in [4.69, 9.17) is 0 Å². The lowest BCUT2D eigenvalue weighted by Crippen LogP contribution is -2.45. The fraction of sp³-hybridized carbons (Fsp3) is 0.778.